The first kappa shape index (κ1) is 61.3. The Kier molecular flexibility index (Phi) is 51.6. The van der Waals surface area contributed by atoms with Crippen LogP contribution in [-0.4, -0.2) is 47.4 Å². The molecule has 0 fully saturated rings. The molecule has 0 aliphatic rings. The number of ether oxygens (including phenoxy) is 1. The number of rotatable bonds is 52. The smallest absolute Gasteiger partial charge is 0.305 e. The second kappa shape index (κ2) is 53.0. The number of allylic oxidation sites excluding steroid dienone is 4. The molecule has 0 aliphatic heterocycles. The zero-order valence-corrected chi connectivity index (χ0v) is 42.3. The number of unbranched alkanes of at least 4 members (excludes halogenated alkanes) is 37. The molecular formula is C57H109NO5. The molecule has 2 unspecified atom stereocenters. The Morgan fingerprint density at radius 1 is 0.429 bits per heavy atom. The third kappa shape index (κ3) is 49.6. The van der Waals surface area contributed by atoms with Crippen LogP contribution >= 0.6 is 0 Å². The van der Waals surface area contributed by atoms with E-state index in [1.54, 1.807) is 0 Å². The highest BCUT2D eigenvalue weighted by atomic mass is 16.5. The van der Waals surface area contributed by atoms with Crippen LogP contribution in [0, 0.1) is 0 Å². The summed E-state index contributed by atoms with van der Waals surface area (Å²) in [6, 6.07) is -0.562. The van der Waals surface area contributed by atoms with Gasteiger partial charge in [-0.05, 0) is 77.0 Å². The monoisotopic (exact) mass is 888 g/mol. The van der Waals surface area contributed by atoms with Gasteiger partial charge in [0.25, 0.3) is 0 Å². The Morgan fingerprint density at radius 2 is 0.746 bits per heavy atom. The molecule has 0 aliphatic carbocycles. The molecule has 0 rings (SSSR count). The summed E-state index contributed by atoms with van der Waals surface area (Å²) in [5, 5.41) is 23.3. The van der Waals surface area contributed by atoms with Crippen molar-refractivity contribution in [2.24, 2.45) is 0 Å². The number of amides is 1. The van der Waals surface area contributed by atoms with Crippen molar-refractivity contribution < 1.29 is 24.5 Å². The normalized spacial score (nSPS) is 12.8. The molecule has 63 heavy (non-hydrogen) atoms. The second-order valence-corrected chi connectivity index (χ2v) is 19.3. The zero-order chi connectivity index (χ0) is 45.8. The highest BCUT2D eigenvalue weighted by molar-refractivity contribution is 5.76. The molecule has 3 N–H and O–H groups in total. The summed E-state index contributed by atoms with van der Waals surface area (Å²) in [6.45, 7) is 4.92. The molecule has 0 saturated heterocycles. The number of carbonyl (C=O) groups is 2. The van der Waals surface area contributed by atoms with Crippen molar-refractivity contribution in [2.75, 3.05) is 13.2 Å². The fourth-order valence-corrected chi connectivity index (χ4v) is 8.63. The summed E-state index contributed by atoms with van der Waals surface area (Å²) in [5.41, 5.74) is 0. The summed E-state index contributed by atoms with van der Waals surface area (Å²) in [7, 11) is 0. The summed E-state index contributed by atoms with van der Waals surface area (Å²) < 4.78 is 5.46. The molecule has 0 heterocycles. The zero-order valence-electron chi connectivity index (χ0n) is 42.3. The Morgan fingerprint density at radius 3 is 1.14 bits per heavy atom. The van der Waals surface area contributed by atoms with Gasteiger partial charge in [0.15, 0.2) is 0 Å². The Labute approximate surface area is 392 Å². The van der Waals surface area contributed by atoms with Crippen LogP contribution in [0.25, 0.3) is 0 Å². The third-order valence-electron chi connectivity index (χ3n) is 13.0. The number of carbonyl (C=O) groups excluding carboxylic acids is 2. The molecular weight excluding hydrogens is 779 g/mol. The Hall–Kier alpha value is -1.66. The van der Waals surface area contributed by atoms with E-state index in [4.69, 9.17) is 4.74 Å². The summed E-state index contributed by atoms with van der Waals surface area (Å²) in [5.74, 6) is -0.0833. The molecule has 0 aromatic carbocycles. The number of aliphatic hydroxyl groups excluding tert-OH is 2. The maximum absolute atomic E-state index is 12.5. The first-order valence-electron chi connectivity index (χ1n) is 28.1. The van der Waals surface area contributed by atoms with Crippen LogP contribution in [-0.2, 0) is 14.3 Å². The van der Waals surface area contributed by atoms with E-state index < -0.39 is 12.1 Å². The molecule has 1 amide bonds. The second-order valence-electron chi connectivity index (χ2n) is 19.3. The lowest BCUT2D eigenvalue weighted by atomic mass is 10.0. The van der Waals surface area contributed by atoms with Crippen LogP contribution in [0.2, 0.25) is 0 Å². The topological polar surface area (TPSA) is 95.9 Å². The first-order valence-corrected chi connectivity index (χ1v) is 28.1. The maximum atomic E-state index is 12.5. The molecule has 6 nitrogen and oxygen atoms in total. The highest BCUT2D eigenvalue weighted by Gasteiger charge is 2.20. The van der Waals surface area contributed by atoms with Gasteiger partial charge in [-0.3, -0.25) is 9.59 Å². The fraction of sp³-hybridized carbons (Fsp3) is 0.895. The minimum atomic E-state index is -0.682. The van der Waals surface area contributed by atoms with Gasteiger partial charge in [0.2, 0.25) is 5.91 Å². The van der Waals surface area contributed by atoms with E-state index in [-0.39, 0.29) is 18.5 Å². The predicted octanol–water partition coefficient (Wildman–Crippen LogP) is 17.1. The SMILES string of the molecule is CCCCCCCCC/C=C\CCCCCCCC(=O)OCCCCCCCC/C=C\CCCCCC(=O)NC(CO)C(O)CCCCCCCCCCCCCCCCCCC. The minimum absolute atomic E-state index is 0.0196. The summed E-state index contributed by atoms with van der Waals surface area (Å²) in [4.78, 5) is 24.5. The average Bonchev–Trinajstić information content (AvgIpc) is 3.28. The fourth-order valence-electron chi connectivity index (χ4n) is 8.63. The van der Waals surface area contributed by atoms with Crippen molar-refractivity contribution in [2.45, 2.75) is 315 Å². The number of aliphatic hydroxyl groups is 2. The van der Waals surface area contributed by atoms with Crippen molar-refractivity contribution in [3.8, 4) is 0 Å². The molecule has 0 aromatic heterocycles. The minimum Gasteiger partial charge on any atom is -0.466 e. The van der Waals surface area contributed by atoms with E-state index in [0.717, 1.165) is 70.6 Å². The largest absolute Gasteiger partial charge is 0.466 e. The van der Waals surface area contributed by atoms with Crippen LogP contribution < -0.4 is 5.32 Å². The van der Waals surface area contributed by atoms with E-state index >= 15 is 0 Å². The van der Waals surface area contributed by atoms with Crippen LogP contribution in [0.4, 0.5) is 0 Å². The molecule has 6 heteroatoms. The van der Waals surface area contributed by atoms with Gasteiger partial charge < -0.3 is 20.3 Å². The molecule has 2 atom stereocenters. The average molecular weight is 889 g/mol. The lowest BCUT2D eigenvalue weighted by Crippen LogP contribution is -2.45. The van der Waals surface area contributed by atoms with Crippen molar-refractivity contribution in [1.82, 2.24) is 5.32 Å². The van der Waals surface area contributed by atoms with Gasteiger partial charge in [-0.2, -0.15) is 0 Å². The molecule has 372 valence electrons. The van der Waals surface area contributed by atoms with Gasteiger partial charge in [0.05, 0.1) is 25.4 Å². The van der Waals surface area contributed by atoms with Crippen LogP contribution in [0.5, 0.6) is 0 Å². The summed E-state index contributed by atoms with van der Waals surface area (Å²) >= 11 is 0. The summed E-state index contributed by atoms with van der Waals surface area (Å²) in [6.07, 6.45) is 63.0. The van der Waals surface area contributed by atoms with Gasteiger partial charge in [-0.1, -0.05) is 237 Å². The third-order valence-corrected chi connectivity index (χ3v) is 13.0. The Balaban J connectivity index is 3.49. The molecule has 0 spiro atoms. The van der Waals surface area contributed by atoms with Crippen molar-refractivity contribution in [3.05, 3.63) is 24.3 Å². The van der Waals surface area contributed by atoms with Crippen molar-refractivity contribution >= 4 is 11.9 Å². The van der Waals surface area contributed by atoms with E-state index in [1.165, 1.54) is 199 Å². The number of nitrogens with one attached hydrogen (secondary N) is 1. The Bertz CT molecular complexity index is 982. The predicted molar refractivity (Wildman–Crippen MR) is 273 cm³/mol. The van der Waals surface area contributed by atoms with Crippen molar-refractivity contribution in [3.63, 3.8) is 0 Å². The van der Waals surface area contributed by atoms with E-state index in [2.05, 4.69) is 43.5 Å². The van der Waals surface area contributed by atoms with Crippen molar-refractivity contribution in [1.29, 1.82) is 0 Å². The maximum Gasteiger partial charge on any atom is 0.305 e. The van der Waals surface area contributed by atoms with Crippen LogP contribution in [0.15, 0.2) is 24.3 Å². The van der Waals surface area contributed by atoms with E-state index in [1.807, 2.05) is 0 Å². The first-order chi connectivity index (χ1) is 31.0. The molecule has 0 aromatic rings. The number of esters is 1. The van der Waals surface area contributed by atoms with Gasteiger partial charge >= 0.3 is 5.97 Å². The van der Waals surface area contributed by atoms with Crippen LogP contribution in [0.3, 0.4) is 0 Å². The molecule has 0 radical (unpaired) electrons. The van der Waals surface area contributed by atoms with E-state index in [9.17, 15) is 19.8 Å². The highest BCUT2D eigenvalue weighted by Crippen LogP contribution is 2.17. The number of hydrogen-bond donors (Lipinski definition) is 3. The lowest BCUT2D eigenvalue weighted by molar-refractivity contribution is -0.143. The standard InChI is InChI=1S/C57H109NO5/c1-3-5-7-9-11-13-15-17-19-21-22-25-29-33-37-41-45-49-55(60)54(53-59)58-56(61)50-46-42-38-34-30-26-24-28-32-36-40-44-48-52-63-57(62)51-47-43-39-35-31-27-23-20-18-16-14-12-10-8-6-4-2/h20,23,26,30,54-55,59-60H,3-19,21-22,24-25,27-29,31-53H2,1-2H3,(H,58,61)/b23-20-,30-26-. The van der Waals surface area contributed by atoms with Gasteiger partial charge in [0, 0.05) is 12.8 Å². The molecule has 0 saturated carbocycles. The number of hydrogen-bond acceptors (Lipinski definition) is 5. The quantitative estimate of drug-likeness (QED) is 0.0321. The van der Waals surface area contributed by atoms with Gasteiger partial charge in [-0.15, -0.1) is 0 Å². The van der Waals surface area contributed by atoms with Crippen LogP contribution in [0.1, 0.15) is 303 Å². The lowest BCUT2D eigenvalue weighted by Gasteiger charge is -2.22. The van der Waals surface area contributed by atoms with Gasteiger partial charge in [0.1, 0.15) is 0 Å². The molecule has 0 bridgehead atoms. The van der Waals surface area contributed by atoms with Gasteiger partial charge in [-0.25, -0.2) is 0 Å². The van der Waals surface area contributed by atoms with E-state index in [0.29, 0.717) is 25.9 Å².